The number of halogens is 1. The molecule has 150 valence electrons. The fourth-order valence-electron chi connectivity index (χ4n) is 3.48. The molecule has 3 heterocycles. The van der Waals surface area contributed by atoms with Crippen molar-refractivity contribution in [1.82, 2.24) is 19.7 Å². The Labute approximate surface area is 178 Å². The van der Waals surface area contributed by atoms with E-state index in [0.717, 1.165) is 27.7 Å². The lowest BCUT2D eigenvalue weighted by Crippen LogP contribution is -2.24. The Hall–Kier alpha value is -2.51. The molecule has 0 bridgehead atoms. The topological polar surface area (TPSA) is 63.4 Å². The fourth-order valence-corrected chi connectivity index (χ4v) is 4.82. The highest BCUT2D eigenvalue weighted by molar-refractivity contribution is 7.15. The molecule has 1 unspecified atom stereocenters. The van der Waals surface area contributed by atoms with Crippen molar-refractivity contribution in [2.75, 3.05) is 14.1 Å². The van der Waals surface area contributed by atoms with Crippen molar-refractivity contribution in [2.45, 2.75) is 33.2 Å². The molecule has 0 saturated carbocycles. The lowest BCUT2D eigenvalue weighted by molar-refractivity contribution is -0.129. The maximum absolute atomic E-state index is 12.5. The molecule has 1 aliphatic heterocycles. The van der Waals surface area contributed by atoms with Crippen LogP contribution in [-0.4, -0.2) is 45.4 Å². The maximum Gasteiger partial charge on any atom is 0.224 e. The SMILES string of the molecule is Cc1sc2c(c1C)C(c1ccc(Cl)cc1)=NC(CC(=O)N(C)C)c1nnc(C)n1-2. The minimum Gasteiger partial charge on any atom is -0.349 e. The highest BCUT2D eigenvalue weighted by Crippen LogP contribution is 2.39. The molecule has 1 aromatic carbocycles. The molecule has 29 heavy (non-hydrogen) atoms. The van der Waals surface area contributed by atoms with Gasteiger partial charge in [-0.2, -0.15) is 0 Å². The molecule has 4 rings (SSSR count). The molecule has 3 aromatic rings. The van der Waals surface area contributed by atoms with Crippen LogP contribution >= 0.6 is 22.9 Å². The van der Waals surface area contributed by atoms with Gasteiger partial charge in [-0.1, -0.05) is 23.7 Å². The quantitative estimate of drug-likeness (QED) is 0.626. The normalized spacial score (nSPS) is 15.4. The largest absolute Gasteiger partial charge is 0.349 e. The van der Waals surface area contributed by atoms with E-state index in [1.807, 2.05) is 31.2 Å². The predicted octanol–water partition coefficient (Wildman–Crippen LogP) is 4.28. The molecular formula is C21H22ClN5OS. The van der Waals surface area contributed by atoms with Crippen LogP contribution in [0.2, 0.25) is 5.02 Å². The predicted molar refractivity (Wildman–Crippen MR) is 117 cm³/mol. The summed E-state index contributed by atoms with van der Waals surface area (Å²) < 4.78 is 2.06. The monoisotopic (exact) mass is 427 g/mol. The third-order valence-corrected chi connectivity index (χ3v) is 6.67. The number of thiophene rings is 1. The van der Waals surface area contributed by atoms with Gasteiger partial charge in [-0.15, -0.1) is 21.5 Å². The molecule has 0 aliphatic carbocycles. The van der Waals surface area contributed by atoms with Crippen LogP contribution in [0.3, 0.4) is 0 Å². The molecule has 0 spiro atoms. The Kier molecular flexibility index (Phi) is 5.04. The number of aromatic nitrogens is 3. The van der Waals surface area contributed by atoms with Crippen LogP contribution in [0.1, 0.15) is 45.7 Å². The molecular weight excluding hydrogens is 406 g/mol. The van der Waals surface area contributed by atoms with Crippen molar-refractivity contribution in [3.8, 4) is 5.00 Å². The van der Waals surface area contributed by atoms with E-state index in [1.165, 1.54) is 10.4 Å². The van der Waals surface area contributed by atoms with Gasteiger partial charge in [0.15, 0.2) is 5.82 Å². The van der Waals surface area contributed by atoms with Gasteiger partial charge in [-0.3, -0.25) is 14.4 Å². The van der Waals surface area contributed by atoms with Gasteiger partial charge < -0.3 is 4.90 Å². The van der Waals surface area contributed by atoms with Crippen molar-refractivity contribution in [2.24, 2.45) is 4.99 Å². The Balaban J connectivity index is 1.99. The highest BCUT2D eigenvalue weighted by Gasteiger charge is 2.32. The Morgan fingerprint density at radius 1 is 1.17 bits per heavy atom. The number of hydrogen-bond acceptors (Lipinski definition) is 5. The lowest BCUT2D eigenvalue weighted by atomic mass is 9.99. The maximum atomic E-state index is 12.5. The van der Waals surface area contributed by atoms with Crippen LogP contribution in [0, 0.1) is 20.8 Å². The molecule has 0 N–H and O–H groups in total. The van der Waals surface area contributed by atoms with Crippen LogP contribution < -0.4 is 0 Å². The average molecular weight is 428 g/mol. The van der Waals surface area contributed by atoms with E-state index < -0.39 is 6.04 Å². The lowest BCUT2D eigenvalue weighted by Gasteiger charge is -2.15. The van der Waals surface area contributed by atoms with Crippen LogP contribution in [-0.2, 0) is 4.79 Å². The summed E-state index contributed by atoms with van der Waals surface area (Å²) >= 11 is 7.82. The smallest absolute Gasteiger partial charge is 0.224 e. The summed E-state index contributed by atoms with van der Waals surface area (Å²) in [7, 11) is 3.51. The summed E-state index contributed by atoms with van der Waals surface area (Å²) in [6, 6.07) is 7.26. The van der Waals surface area contributed by atoms with E-state index in [4.69, 9.17) is 16.6 Å². The summed E-state index contributed by atoms with van der Waals surface area (Å²) in [6.07, 6.45) is 0.231. The van der Waals surface area contributed by atoms with Crippen LogP contribution in [0.5, 0.6) is 0 Å². The van der Waals surface area contributed by atoms with Crippen molar-refractivity contribution >= 4 is 34.6 Å². The summed E-state index contributed by atoms with van der Waals surface area (Å²) in [5.74, 6) is 1.49. The van der Waals surface area contributed by atoms with E-state index in [-0.39, 0.29) is 12.3 Å². The van der Waals surface area contributed by atoms with Crippen molar-refractivity contribution in [3.63, 3.8) is 0 Å². The number of fused-ring (bicyclic) bond motifs is 3. The molecule has 0 saturated heterocycles. The zero-order valence-corrected chi connectivity index (χ0v) is 18.6. The van der Waals surface area contributed by atoms with E-state index in [9.17, 15) is 4.79 Å². The molecule has 1 amide bonds. The summed E-state index contributed by atoms with van der Waals surface area (Å²) in [5.41, 5.74) is 4.08. The van der Waals surface area contributed by atoms with Gasteiger partial charge in [0.2, 0.25) is 5.91 Å². The first-order chi connectivity index (χ1) is 13.8. The second-order valence-electron chi connectivity index (χ2n) is 7.40. The average Bonchev–Trinajstić information content (AvgIpc) is 3.15. The standard InChI is InChI=1S/C21H22ClN5OS/c1-11-12(2)29-21-18(11)19(14-6-8-15(22)9-7-14)23-16(10-17(28)26(4)5)20-25-24-13(3)27(20)21/h6-9,16H,10H2,1-5H3. The van der Waals surface area contributed by atoms with Crippen LogP contribution in [0.25, 0.3) is 5.00 Å². The van der Waals surface area contributed by atoms with E-state index >= 15 is 0 Å². The van der Waals surface area contributed by atoms with Crippen LogP contribution in [0.15, 0.2) is 29.3 Å². The molecule has 8 heteroatoms. The summed E-state index contributed by atoms with van der Waals surface area (Å²) in [4.78, 5) is 20.4. The molecule has 0 fully saturated rings. The Morgan fingerprint density at radius 3 is 2.52 bits per heavy atom. The van der Waals surface area contributed by atoms with Gasteiger partial charge in [0, 0.05) is 35.1 Å². The Morgan fingerprint density at radius 2 is 1.86 bits per heavy atom. The minimum atomic E-state index is -0.420. The first kappa shape index (κ1) is 19.8. The number of amides is 1. The van der Waals surface area contributed by atoms with Gasteiger partial charge in [-0.25, -0.2) is 0 Å². The Bertz CT molecular complexity index is 1130. The van der Waals surface area contributed by atoms with Crippen molar-refractivity contribution in [3.05, 3.63) is 62.5 Å². The van der Waals surface area contributed by atoms with Gasteiger partial charge in [0.05, 0.1) is 12.1 Å². The van der Waals surface area contributed by atoms with Crippen molar-refractivity contribution in [1.29, 1.82) is 0 Å². The summed E-state index contributed by atoms with van der Waals surface area (Å²) in [5, 5.41) is 10.4. The number of benzene rings is 1. The second kappa shape index (κ2) is 7.39. The minimum absolute atomic E-state index is 0.000402. The fraction of sp³-hybridized carbons (Fsp3) is 0.333. The van der Waals surface area contributed by atoms with Gasteiger partial charge >= 0.3 is 0 Å². The third kappa shape index (κ3) is 3.38. The first-order valence-electron chi connectivity index (χ1n) is 9.34. The van der Waals surface area contributed by atoms with Crippen LogP contribution in [0.4, 0.5) is 0 Å². The third-order valence-electron chi connectivity index (χ3n) is 5.22. The number of aryl methyl sites for hydroxylation is 2. The number of carbonyl (C=O) groups is 1. The van der Waals surface area contributed by atoms with E-state index in [2.05, 4.69) is 28.6 Å². The number of carbonyl (C=O) groups excluding carboxylic acids is 1. The number of rotatable bonds is 3. The molecule has 1 atom stereocenters. The van der Waals surface area contributed by atoms with Crippen molar-refractivity contribution < 1.29 is 4.79 Å². The van der Waals surface area contributed by atoms with Gasteiger partial charge in [-0.05, 0) is 38.5 Å². The highest BCUT2D eigenvalue weighted by atomic mass is 35.5. The van der Waals surface area contributed by atoms with Gasteiger partial charge in [0.1, 0.15) is 16.9 Å². The molecule has 2 aromatic heterocycles. The van der Waals surface area contributed by atoms with E-state index in [1.54, 1.807) is 30.3 Å². The zero-order chi connectivity index (χ0) is 20.9. The molecule has 1 aliphatic rings. The molecule has 0 radical (unpaired) electrons. The zero-order valence-electron chi connectivity index (χ0n) is 17.0. The number of hydrogen-bond donors (Lipinski definition) is 0. The number of aliphatic imine (C=N–C) groups is 1. The summed E-state index contributed by atoms with van der Waals surface area (Å²) in [6.45, 7) is 6.16. The van der Waals surface area contributed by atoms with E-state index in [0.29, 0.717) is 10.8 Å². The second-order valence-corrected chi connectivity index (χ2v) is 9.04. The first-order valence-corrected chi connectivity index (χ1v) is 10.5. The number of nitrogens with zero attached hydrogens (tertiary/aromatic N) is 5. The molecule has 6 nitrogen and oxygen atoms in total. The van der Waals surface area contributed by atoms with Gasteiger partial charge in [0.25, 0.3) is 0 Å².